The molecule has 1 fully saturated rings. The summed E-state index contributed by atoms with van der Waals surface area (Å²) in [6.45, 7) is 0.872. The van der Waals surface area contributed by atoms with Crippen molar-refractivity contribution in [2.45, 2.75) is 23.1 Å². The highest BCUT2D eigenvalue weighted by Gasteiger charge is 2.31. The minimum absolute atomic E-state index is 0.0379. The molecular formula is C10H15N3O4S2. The molecule has 1 aromatic heterocycles. The maximum atomic E-state index is 12.4. The fraction of sp³-hybridized carbons (Fsp3) is 0.600. The van der Waals surface area contributed by atoms with E-state index in [9.17, 15) is 18.5 Å². The van der Waals surface area contributed by atoms with E-state index in [0.29, 0.717) is 24.4 Å². The predicted molar refractivity (Wildman–Crippen MR) is 71.8 cm³/mol. The molecule has 1 aromatic rings. The van der Waals surface area contributed by atoms with Crippen LogP contribution in [0.15, 0.2) is 16.3 Å². The topological polar surface area (TPSA) is 92.6 Å². The largest absolute Gasteiger partial charge is 0.325 e. The summed E-state index contributed by atoms with van der Waals surface area (Å²) in [5.74, 6) is 0. The summed E-state index contributed by atoms with van der Waals surface area (Å²) in [5, 5.41) is 13.5. The van der Waals surface area contributed by atoms with Crippen LogP contribution >= 0.6 is 11.3 Å². The fourth-order valence-electron chi connectivity index (χ4n) is 2.07. The minimum Gasteiger partial charge on any atom is -0.316 e. The van der Waals surface area contributed by atoms with E-state index in [1.54, 1.807) is 7.05 Å². The number of piperidine rings is 1. The summed E-state index contributed by atoms with van der Waals surface area (Å²) in [6.07, 6.45) is 1.73. The standard InChI is InChI=1S/C10H15N3O4S2/c1-11-8-3-2-6-12(7-8)19(16,17)10-5-4-9(18-10)13(14)15/h4-5,8,11H,2-3,6-7H2,1H3. The van der Waals surface area contributed by atoms with Gasteiger partial charge in [0.25, 0.3) is 10.0 Å². The van der Waals surface area contributed by atoms with E-state index < -0.39 is 14.9 Å². The van der Waals surface area contributed by atoms with Crippen LogP contribution in [0.4, 0.5) is 5.00 Å². The van der Waals surface area contributed by atoms with Crippen LogP contribution in [-0.2, 0) is 10.0 Å². The van der Waals surface area contributed by atoms with Crippen LogP contribution < -0.4 is 5.32 Å². The lowest BCUT2D eigenvalue weighted by Crippen LogP contribution is -2.46. The molecule has 0 bridgehead atoms. The van der Waals surface area contributed by atoms with E-state index >= 15 is 0 Å². The summed E-state index contributed by atoms with van der Waals surface area (Å²) in [7, 11) is -1.81. The molecule has 1 atom stereocenters. The highest BCUT2D eigenvalue weighted by molar-refractivity contribution is 7.91. The van der Waals surface area contributed by atoms with E-state index in [1.807, 2.05) is 0 Å². The number of nitro groups is 1. The molecule has 7 nitrogen and oxygen atoms in total. The molecule has 1 aliphatic rings. The molecule has 19 heavy (non-hydrogen) atoms. The molecule has 2 heterocycles. The zero-order valence-corrected chi connectivity index (χ0v) is 12.0. The number of hydrogen-bond donors (Lipinski definition) is 1. The number of rotatable bonds is 4. The molecule has 2 rings (SSSR count). The second-order valence-electron chi connectivity index (χ2n) is 4.34. The Balaban J connectivity index is 2.23. The number of sulfonamides is 1. The maximum absolute atomic E-state index is 12.4. The first-order valence-corrected chi connectivity index (χ1v) is 8.12. The van der Waals surface area contributed by atoms with Crippen LogP contribution in [0.5, 0.6) is 0 Å². The SMILES string of the molecule is CNC1CCCN(S(=O)(=O)c2ccc([N+](=O)[O-])s2)C1. The lowest BCUT2D eigenvalue weighted by molar-refractivity contribution is -0.380. The zero-order chi connectivity index (χ0) is 14.0. The van der Waals surface area contributed by atoms with Gasteiger partial charge in [-0.25, -0.2) is 8.42 Å². The third-order valence-electron chi connectivity index (χ3n) is 3.13. The molecular weight excluding hydrogens is 290 g/mol. The summed E-state index contributed by atoms with van der Waals surface area (Å²) in [6, 6.07) is 2.68. The summed E-state index contributed by atoms with van der Waals surface area (Å²) >= 11 is 0.701. The molecule has 1 saturated heterocycles. The molecule has 0 spiro atoms. The number of nitrogens with zero attached hydrogens (tertiary/aromatic N) is 2. The molecule has 0 saturated carbocycles. The number of likely N-dealkylation sites (N-methyl/N-ethyl adjacent to an activating group) is 1. The van der Waals surface area contributed by atoms with Crippen LogP contribution in [0.3, 0.4) is 0 Å². The van der Waals surface area contributed by atoms with Crippen LogP contribution in [-0.4, -0.2) is 43.8 Å². The maximum Gasteiger partial charge on any atom is 0.325 e. The second-order valence-corrected chi connectivity index (χ2v) is 7.57. The molecule has 1 unspecified atom stereocenters. The first-order valence-electron chi connectivity index (χ1n) is 5.87. The Morgan fingerprint density at radius 2 is 2.26 bits per heavy atom. The van der Waals surface area contributed by atoms with Crippen molar-refractivity contribution >= 4 is 26.4 Å². The van der Waals surface area contributed by atoms with E-state index in [0.717, 1.165) is 12.8 Å². The van der Waals surface area contributed by atoms with Crippen molar-refractivity contribution in [3.63, 3.8) is 0 Å². The van der Waals surface area contributed by atoms with Gasteiger partial charge in [-0.1, -0.05) is 0 Å². The Labute approximate surface area is 115 Å². The third kappa shape index (κ3) is 2.94. The molecule has 0 aliphatic carbocycles. The summed E-state index contributed by atoms with van der Waals surface area (Å²) in [4.78, 5) is 10.0. The highest BCUT2D eigenvalue weighted by Crippen LogP contribution is 2.31. The lowest BCUT2D eigenvalue weighted by atomic mass is 10.1. The smallest absolute Gasteiger partial charge is 0.316 e. The average Bonchev–Trinajstić information content (AvgIpc) is 2.89. The quantitative estimate of drug-likeness (QED) is 0.662. The lowest BCUT2D eigenvalue weighted by Gasteiger charge is -2.31. The Morgan fingerprint density at radius 3 is 2.84 bits per heavy atom. The Bertz CT molecular complexity index is 569. The third-order valence-corrected chi connectivity index (χ3v) is 6.50. The predicted octanol–water partition coefficient (Wildman–Crippen LogP) is 1.03. The van der Waals surface area contributed by atoms with Gasteiger partial charge >= 0.3 is 5.00 Å². The van der Waals surface area contributed by atoms with Crippen molar-refractivity contribution < 1.29 is 13.3 Å². The van der Waals surface area contributed by atoms with Crippen LogP contribution in [0, 0.1) is 10.1 Å². The Morgan fingerprint density at radius 1 is 1.53 bits per heavy atom. The van der Waals surface area contributed by atoms with Crippen LogP contribution in [0.2, 0.25) is 0 Å². The molecule has 0 radical (unpaired) electrons. The number of nitrogens with one attached hydrogen (secondary N) is 1. The molecule has 106 valence electrons. The molecule has 0 aromatic carbocycles. The van der Waals surface area contributed by atoms with Crippen molar-refractivity contribution in [2.75, 3.05) is 20.1 Å². The van der Waals surface area contributed by atoms with Crippen molar-refractivity contribution in [3.8, 4) is 0 Å². The van der Waals surface area contributed by atoms with Crippen LogP contribution in [0.25, 0.3) is 0 Å². The van der Waals surface area contributed by atoms with E-state index in [2.05, 4.69) is 5.32 Å². The Hall–Kier alpha value is -1.03. The first kappa shape index (κ1) is 14.4. The van der Waals surface area contributed by atoms with Gasteiger partial charge in [-0.2, -0.15) is 4.31 Å². The summed E-state index contributed by atoms with van der Waals surface area (Å²) < 4.78 is 26.2. The monoisotopic (exact) mass is 305 g/mol. The first-order chi connectivity index (χ1) is 8.95. The van der Waals surface area contributed by atoms with Crippen LogP contribution in [0.1, 0.15) is 12.8 Å². The van der Waals surface area contributed by atoms with E-state index in [-0.39, 0.29) is 15.3 Å². The number of thiophene rings is 1. The van der Waals surface area contributed by atoms with Gasteiger partial charge in [-0.15, -0.1) is 0 Å². The van der Waals surface area contributed by atoms with E-state index in [1.165, 1.54) is 16.4 Å². The van der Waals surface area contributed by atoms with Gasteiger partial charge in [0, 0.05) is 25.2 Å². The van der Waals surface area contributed by atoms with Crippen molar-refractivity contribution in [1.29, 1.82) is 0 Å². The highest BCUT2D eigenvalue weighted by atomic mass is 32.2. The minimum atomic E-state index is -3.61. The van der Waals surface area contributed by atoms with Crippen molar-refractivity contribution in [3.05, 3.63) is 22.2 Å². The van der Waals surface area contributed by atoms with Gasteiger partial charge in [0.2, 0.25) is 0 Å². The molecule has 1 N–H and O–H groups in total. The van der Waals surface area contributed by atoms with Crippen molar-refractivity contribution in [1.82, 2.24) is 9.62 Å². The molecule has 9 heteroatoms. The van der Waals surface area contributed by atoms with E-state index in [4.69, 9.17) is 0 Å². The van der Waals surface area contributed by atoms with Gasteiger partial charge in [-0.3, -0.25) is 10.1 Å². The molecule has 1 aliphatic heterocycles. The second kappa shape index (κ2) is 5.53. The normalized spacial score (nSPS) is 21.4. The van der Waals surface area contributed by atoms with Gasteiger partial charge in [0.15, 0.2) is 0 Å². The van der Waals surface area contributed by atoms with Gasteiger partial charge < -0.3 is 5.32 Å². The van der Waals surface area contributed by atoms with Gasteiger partial charge in [-0.05, 0) is 37.3 Å². The fourth-order valence-corrected chi connectivity index (χ4v) is 4.86. The average molecular weight is 305 g/mol. The van der Waals surface area contributed by atoms with Gasteiger partial charge in [0.1, 0.15) is 4.21 Å². The number of hydrogen-bond acceptors (Lipinski definition) is 6. The summed E-state index contributed by atoms with van der Waals surface area (Å²) in [5.41, 5.74) is 0. The molecule has 0 amide bonds. The van der Waals surface area contributed by atoms with Crippen molar-refractivity contribution in [2.24, 2.45) is 0 Å². The zero-order valence-electron chi connectivity index (χ0n) is 10.4. The Kier molecular flexibility index (Phi) is 4.19. The van der Waals surface area contributed by atoms with Gasteiger partial charge in [0.05, 0.1) is 4.92 Å².